The van der Waals surface area contributed by atoms with Crippen LogP contribution in [0.25, 0.3) is 0 Å². The Balaban J connectivity index is 2.46. The first-order chi connectivity index (χ1) is 7.63. The highest BCUT2D eigenvalue weighted by atomic mass is 79.9. The molecule has 1 rings (SSSR count). The van der Waals surface area contributed by atoms with Crippen LogP contribution < -0.4 is 5.73 Å². The van der Waals surface area contributed by atoms with Crippen LogP contribution in [-0.4, -0.2) is 6.04 Å². The van der Waals surface area contributed by atoms with E-state index in [-0.39, 0.29) is 11.9 Å². The molecule has 0 saturated heterocycles. The van der Waals surface area contributed by atoms with Gasteiger partial charge in [-0.3, -0.25) is 0 Å². The Bertz CT molecular complexity index is 328. The van der Waals surface area contributed by atoms with E-state index in [2.05, 4.69) is 22.9 Å². The van der Waals surface area contributed by atoms with E-state index >= 15 is 0 Å². The van der Waals surface area contributed by atoms with Crippen molar-refractivity contribution in [1.82, 2.24) is 0 Å². The van der Waals surface area contributed by atoms with Gasteiger partial charge in [0.1, 0.15) is 5.82 Å². The molecule has 1 aromatic carbocycles. The SMILES string of the molecule is CCCCCC(N)Cc1ccc(F)cc1Br. The minimum atomic E-state index is -0.213. The fourth-order valence-electron chi connectivity index (χ4n) is 1.73. The van der Waals surface area contributed by atoms with Gasteiger partial charge in [0.05, 0.1) is 0 Å². The maximum absolute atomic E-state index is 12.9. The molecule has 0 aliphatic carbocycles. The van der Waals surface area contributed by atoms with Crippen molar-refractivity contribution >= 4 is 15.9 Å². The van der Waals surface area contributed by atoms with Crippen LogP contribution in [0.2, 0.25) is 0 Å². The number of unbranched alkanes of at least 4 members (excludes halogenated alkanes) is 2. The van der Waals surface area contributed by atoms with Gasteiger partial charge in [0.2, 0.25) is 0 Å². The summed E-state index contributed by atoms with van der Waals surface area (Å²) >= 11 is 3.36. The Morgan fingerprint density at radius 1 is 1.38 bits per heavy atom. The normalized spacial score (nSPS) is 12.8. The quantitative estimate of drug-likeness (QED) is 0.785. The van der Waals surface area contributed by atoms with Crippen molar-refractivity contribution in [1.29, 1.82) is 0 Å². The van der Waals surface area contributed by atoms with E-state index in [1.807, 2.05) is 0 Å². The van der Waals surface area contributed by atoms with Crippen molar-refractivity contribution < 1.29 is 4.39 Å². The van der Waals surface area contributed by atoms with Crippen LogP contribution in [0.15, 0.2) is 22.7 Å². The van der Waals surface area contributed by atoms with E-state index in [0.717, 1.165) is 22.9 Å². The molecule has 1 aromatic rings. The summed E-state index contributed by atoms with van der Waals surface area (Å²) in [5.41, 5.74) is 7.13. The lowest BCUT2D eigenvalue weighted by atomic mass is 10.0. The molecule has 1 nitrogen and oxygen atoms in total. The van der Waals surface area contributed by atoms with Gasteiger partial charge in [0.15, 0.2) is 0 Å². The molecule has 1 unspecified atom stereocenters. The Morgan fingerprint density at radius 3 is 2.75 bits per heavy atom. The summed E-state index contributed by atoms with van der Waals surface area (Å²) in [4.78, 5) is 0. The van der Waals surface area contributed by atoms with Gasteiger partial charge in [-0.05, 0) is 30.5 Å². The van der Waals surface area contributed by atoms with Crippen molar-refractivity contribution in [3.8, 4) is 0 Å². The lowest BCUT2D eigenvalue weighted by molar-refractivity contribution is 0.555. The minimum absolute atomic E-state index is 0.174. The summed E-state index contributed by atoms with van der Waals surface area (Å²) in [7, 11) is 0. The minimum Gasteiger partial charge on any atom is -0.327 e. The van der Waals surface area contributed by atoms with E-state index < -0.39 is 0 Å². The Labute approximate surface area is 105 Å². The van der Waals surface area contributed by atoms with Crippen LogP contribution >= 0.6 is 15.9 Å². The Morgan fingerprint density at radius 2 is 2.12 bits per heavy atom. The van der Waals surface area contributed by atoms with Gasteiger partial charge < -0.3 is 5.73 Å². The zero-order chi connectivity index (χ0) is 12.0. The molecule has 0 aromatic heterocycles. The van der Waals surface area contributed by atoms with Crippen molar-refractivity contribution in [2.75, 3.05) is 0 Å². The summed E-state index contributed by atoms with van der Waals surface area (Å²) in [5.74, 6) is -0.213. The third-order valence-electron chi connectivity index (χ3n) is 2.68. The second-order valence-electron chi connectivity index (χ2n) is 4.20. The third-order valence-corrected chi connectivity index (χ3v) is 3.41. The zero-order valence-corrected chi connectivity index (χ0v) is 11.3. The average Bonchev–Trinajstić information content (AvgIpc) is 2.23. The number of halogens is 2. The van der Waals surface area contributed by atoms with Crippen molar-refractivity contribution in [3.63, 3.8) is 0 Å². The molecule has 2 N–H and O–H groups in total. The first-order valence-electron chi connectivity index (χ1n) is 5.83. The van der Waals surface area contributed by atoms with Crippen LogP contribution in [-0.2, 0) is 6.42 Å². The van der Waals surface area contributed by atoms with Gasteiger partial charge in [-0.15, -0.1) is 0 Å². The molecule has 0 radical (unpaired) electrons. The van der Waals surface area contributed by atoms with Gasteiger partial charge in [0.25, 0.3) is 0 Å². The molecule has 0 bridgehead atoms. The average molecular weight is 288 g/mol. The molecule has 0 aliphatic rings. The largest absolute Gasteiger partial charge is 0.327 e. The predicted molar refractivity (Wildman–Crippen MR) is 69.9 cm³/mol. The molecule has 0 saturated carbocycles. The van der Waals surface area contributed by atoms with E-state index in [1.54, 1.807) is 6.07 Å². The molecule has 90 valence electrons. The molecule has 0 amide bonds. The third kappa shape index (κ3) is 4.62. The van der Waals surface area contributed by atoms with Crippen LogP contribution in [0.3, 0.4) is 0 Å². The van der Waals surface area contributed by atoms with Crippen LogP contribution in [0, 0.1) is 5.82 Å². The number of hydrogen-bond donors (Lipinski definition) is 1. The highest BCUT2D eigenvalue weighted by molar-refractivity contribution is 9.10. The number of hydrogen-bond acceptors (Lipinski definition) is 1. The number of rotatable bonds is 6. The summed E-state index contributed by atoms with van der Waals surface area (Å²) in [6, 6.07) is 4.96. The fraction of sp³-hybridized carbons (Fsp3) is 0.538. The van der Waals surface area contributed by atoms with E-state index in [0.29, 0.717) is 0 Å². The molecule has 0 aliphatic heterocycles. The molecule has 0 heterocycles. The lowest BCUT2D eigenvalue weighted by Crippen LogP contribution is -2.22. The maximum atomic E-state index is 12.9. The molecular formula is C13H19BrFN. The highest BCUT2D eigenvalue weighted by Crippen LogP contribution is 2.20. The summed E-state index contributed by atoms with van der Waals surface area (Å²) < 4.78 is 13.7. The maximum Gasteiger partial charge on any atom is 0.124 e. The van der Waals surface area contributed by atoms with Crippen molar-refractivity contribution in [3.05, 3.63) is 34.1 Å². The zero-order valence-electron chi connectivity index (χ0n) is 9.68. The van der Waals surface area contributed by atoms with Gasteiger partial charge in [0, 0.05) is 10.5 Å². The number of nitrogens with two attached hydrogens (primary N) is 1. The fourth-order valence-corrected chi connectivity index (χ4v) is 2.24. The first-order valence-corrected chi connectivity index (χ1v) is 6.62. The lowest BCUT2D eigenvalue weighted by Gasteiger charge is -2.12. The van der Waals surface area contributed by atoms with E-state index in [9.17, 15) is 4.39 Å². The predicted octanol–water partition coefficient (Wildman–Crippen LogP) is 4.04. The summed E-state index contributed by atoms with van der Waals surface area (Å²) in [6.07, 6.45) is 5.48. The van der Waals surface area contributed by atoms with E-state index in [4.69, 9.17) is 5.73 Å². The molecule has 0 fully saturated rings. The van der Waals surface area contributed by atoms with Gasteiger partial charge in [-0.25, -0.2) is 4.39 Å². The Kier molecular flexibility index (Phi) is 5.99. The first kappa shape index (κ1) is 13.7. The van der Waals surface area contributed by atoms with Crippen LogP contribution in [0.4, 0.5) is 4.39 Å². The van der Waals surface area contributed by atoms with E-state index in [1.165, 1.54) is 31.4 Å². The van der Waals surface area contributed by atoms with Crippen LogP contribution in [0.5, 0.6) is 0 Å². The molecule has 3 heteroatoms. The standard InChI is InChI=1S/C13H19BrFN/c1-2-3-4-5-12(16)8-10-6-7-11(15)9-13(10)14/h6-7,9,12H,2-5,8,16H2,1H3. The van der Waals surface area contributed by atoms with Gasteiger partial charge in [-0.1, -0.05) is 48.2 Å². The second kappa shape index (κ2) is 7.02. The van der Waals surface area contributed by atoms with Gasteiger partial charge >= 0.3 is 0 Å². The number of benzene rings is 1. The Hall–Kier alpha value is -0.410. The summed E-state index contributed by atoms with van der Waals surface area (Å²) in [5, 5.41) is 0. The molecule has 1 atom stereocenters. The molecule has 16 heavy (non-hydrogen) atoms. The van der Waals surface area contributed by atoms with Crippen LogP contribution in [0.1, 0.15) is 38.2 Å². The monoisotopic (exact) mass is 287 g/mol. The summed E-state index contributed by atoms with van der Waals surface area (Å²) in [6.45, 7) is 2.18. The van der Waals surface area contributed by atoms with Crippen molar-refractivity contribution in [2.45, 2.75) is 45.1 Å². The highest BCUT2D eigenvalue weighted by Gasteiger charge is 2.07. The second-order valence-corrected chi connectivity index (χ2v) is 5.05. The smallest absolute Gasteiger partial charge is 0.124 e. The molecular weight excluding hydrogens is 269 g/mol. The molecule has 0 spiro atoms. The topological polar surface area (TPSA) is 26.0 Å². The van der Waals surface area contributed by atoms with Gasteiger partial charge in [-0.2, -0.15) is 0 Å². The van der Waals surface area contributed by atoms with Crippen molar-refractivity contribution in [2.24, 2.45) is 5.73 Å².